The summed E-state index contributed by atoms with van der Waals surface area (Å²) < 4.78 is 5.50. The van der Waals surface area contributed by atoms with Gasteiger partial charge in [-0.2, -0.15) is 0 Å². The Labute approximate surface area is 101 Å². The molecule has 0 aromatic carbocycles. The van der Waals surface area contributed by atoms with Crippen LogP contribution in [-0.2, 0) is 4.74 Å². The molecule has 0 aliphatic rings. The molecule has 0 heterocycles. The maximum atomic E-state index is 5.50. The molecule has 16 heavy (non-hydrogen) atoms. The van der Waals surface area contributed by atoms with Crippen LogP contribution in [0.3, 0.4) is 0 Å². The zero-order valence-corrected chi connectivity index (χ0v) is 11.7. The summed E-state index contributed by atoms with van der Waals surface area (Å²) in [5.74, 6) is 0.643. The second-order valence-electron chi connectivity index (χ2n) is 5.75. The van der Waals surface area contributed by atoms with E-state index in [1.807, 2.05) is 0 Å². The van der Waals surface area contributed by atoms with Crippen molar-refractivity contribution in [2.45, 2.75) is 46.6 Å². The summed E-state index contributed by atoms with van der Waals surface area (Å²) in [5, 5.41) is 6.85. The van der Waals surface area contributed by atoms with Crippen LogP contribution in [-0.4, -0.2) is 38.4 Å². The van der Waals surface area contributed by atoms with Crippen LogP contribution in [0, 0.1) is 5.92 Å². The fourth-order valence-electron chi connectivity index (χ4n) is 1.27. The van der Waals surface area contributed by atoms with E-state index in [2.05, 4.69) is 45.3 Å². The summed E-state index contributed by atoms with van der Waals surface area (Å²) in [5.41, 5.74) is 0.224. The normalized spacial score (nSPS) is 12.4. The minimum atomic E-state index is 0.224. The third kappa shape index (κ3) is 13.9. The van der Waals surface area contributed by atoms with Gasteiger partial charge in [-0.3, -0.25) is 0 Å². The average Bonchev–Trinajstić information content (AvgIpc) is 2.13. The summed E-state index contributed by atoms with van der Waals surface area (Å²) in [6, 6.07) is 0. The van der Waals surface area contributed by atoms with Crippen molar-refractivity contribution in [1.29, 1.82) is 0 Å². The van der Waals surface area contributed by atoms with E-state index in [1.54, 1.807) is 0 Å². The molecule has 2 N–H and O–H groups in total. The van der Waals surface area contributed by atoms with Crippen LogP contribution >= 0.6 is 0 Å². The maximum absolute atomic E-state index is 5.50. The van der Waals surface area contributed by atoms with E-state index >= 15 is 0 Å². The van der Waals surface area contributed by atoms with Gasteiger partial charge in [0, 0.05) is 31.8 Å². The van der Waals surface area contributed by atoms with E-state index in [4.69, 9.17) is 4.74 Å². The highest BCUT2D eigenvalue weighted by Crippen LogP contribution is 1.96. The fraction of sp³-hybridized carbons (Fsp3) is 1.00. The highest BCUT2D eigenvalue weighted by molar-refractivity contribution is 4.70. The molecule has 0 aromatic heterocycles. The molecule has 0 spiro atoms. The van der Waals surface area contributed by atoms with Crippen molar-refractivity contribution in [3.05, 3.63) is 0 Å². The van der Waals surface area contributed by atoms with Crippen molar-refractivity contribution >= 4 is 0 Å². The predicted molar refractivity (Wildman–Crippen MR) is 70.9 cm³/mol. The number of hydrogen-bond donors (Lipinski definition) is 2. The number of ether oxygens (including phenoxy) is 1. The predicted octanol–water partition coefficient (Wildman–Crippen LogP) is 2.03. The van der Waals surface area contributed by atoms with Crippen LogP contribution in [0.15, 0.2) is 0 Å². The van der Waals surface area contributed by atoms with Crippen molar-refractivity contribution in [3.63, 3.8) is 0 Å². The smallest absolute Gasteiger partial charge is 0.0489 e. The molecule has 0 bridgehead atoms. The highest BCUT2D eigenvalue weighted by atomic mass is 16.5. The van der Waals surface area contributed by atoms with Crippen LogP contribution in [0.2, 0.25) is 0 Å². The standard InChI is InChI=1S/C13H30N2O/c1-12(2)11-16-10-6-7-14-8-9-15-13(3,4)5/h12,14-15H,6-11H2,1-5H3. The van der Waals surface area contributed by atoms with Crippen molar-refractivity contribution < 1.29 is 4.74 Å². The van der Waals surface area contributed by atoms with Gasteiger partial charge in [-0.1, -0.05) is 13.8 Å². The van der Waals surface area contributed by atoms with Crippen molar-refractivity contribution in [3.8, 4) is 0 Å². The fourth-order valence-corrected chi connectivity index (χ4v) is 1.27. The SMILES string of the molecule is CC(C)COCCCNCCNC(C)(C)C. The molecule has 0 radical (unpaired) electrons. The van der Waals surface area contributed by atoms with Crippen LogP contribution < -0.4 is 10.6 Å². The lowest BCUT2D eigenvalue weighted by Gasteiger charge is -2.20. The van der Waals surface area contributed by atoms with Crippen LogP contribution in [0.25, 0.3) is 0 Å². The molecule has 0 fully saturated rings. The average molecular weight is 230 g/mol. The summed E-state index contributed by atoms with van der Waals surface area (Å²) >= 11 is 0. The summed E-state index contributed by atoms with van der Waals surface area (Å²) in [6.07, 6.45) is 1.10. The topological polar surface area (TPSA) is 33.3 Å². The molecule has 3 heteroatoms. The van der Waals surface area contributed by atoms with E-state index in [-0.39, 0.29) is 5.54 Å². The van der Waals surface area contributed by atoms with E-state index < -0.39 is 0 Å². The van der Waals surface area contributed by atoms with Gasteiger partial charge in [0.1, 0.15) is 0 Å². The lowest BCUT2D eigenvalue weighted by molar-refractivity contribution is 0.108. The van der Waals surface area contributed by atoms with E-state index in [0.717, 1.165) is 39.3 Å². The van der Waals surface area contributed by atoms with Gasteiger partial charge in [-0.05, 0) is 39.7 Å². The number of rotatable bonds is 9. The minimum absolute atomic E-state index is 0.224. The molecule has 0 saturated carbocycles. The second kappa shape index (κ2) is 8.97. The highest BCUT2D eigenvalue weighted by Gasteiger charge is 2.06. The molecule has 0 aliphatic heterocycles. The Bertz CT molecular complexity index is 153. The van der Waals surface area contributed by atoms with Gasteiger partial charge in [0.25, 0.3) is 0 Å². The summed E-state index contributed by atoms with van der Waals surface area (Å²) in [6.45, 7) is 15.8. The Morgan fingerprint density at radius 3 is 2.31 bits per heavy atom. The molecule has 3 nitrogen and oxygen atoms in total. The Morgan fingerprint density at radius 2 is 1.75 bits per heavy atom. The first-order chi connectivity index (χ1) is 7.42. The quantitative estimate of drug-likeness (QED) is 0.595. The Hall–Kier alpha value is -0.120. The zero-order valence-electron chi connectivity index (χ0n) is 11.7. The Balaban J connectivity index is 3.05. The third-order valence-corrected chi connectivity index (χ3v) is 2.05. The Morgan fingerprint density at radius 1 is 1.06 bits per heavy atom. The number of hydrogen-bond acceptors (Lipinski definition) is 3. The number of nitrogens with one attached hydrogen (secondary N) is 2. The van der Waals surface area contributed by atoms with Gasteiger partial charge >= 0.3 is 0 Å². The first kappa shape index (κ1) is 15.9. The van der Waals surface area contributed by atoms with Crippen molar-refractivity contribution in [1.82, 2.24) is 10.6 Å². The molecular weight excluding hydrogens is 200 g/mol. The second-order valence-corrected chi connectivity index (χ2v) is 5.75. The monoisotopic (exact) mass is 230 g/mol. The molecular formula is C13H30N2O. The molecule has 0 aromatic rings. The van der Waals surface area contributed by atoms with Gasteiger partial charge in [-0.15, -0.1) is 0 Å². The molecule has 0 unspecified atom stereocenters. The molecule has 98 valence electrons. The van der Waals surface area contributed by atoms with Gasteiger partial charge in [0.2, 0.25) is 0 Å². The van der Waals surface area contributed by atoms with Crippen LogP contribution in [0.5, 0.6) is 0 Å². The largest absolute Gasteiger partial charge is 0.381 e. The lowest BCUT2D eigenvalue weighted by atomic mass is 10.1. The molecule has 0 atom stereocenters. The van der Waals surface area contributed by atoms with E-state index in [9.17, 15) is 0 Å². The molecule has 0 rings (SSSR count). The first-order valence-electron chi connectivity index (χ1n) is 6.45. The van der Waals surface area contributed by atoms with E-state index in [0.29, 0.717) is 5.92 Å². The summed E-state index contributed by atoms with van der Waals surface area (Å²) in [4.78, 5) is 0. The summed E-state index contributed by atoms with van der Waals surface area (Å²) in [7, 11) is 0. The van der Waals surface area contributed by atoms with Gasteiger partial charge in [0.05, 0.1) is 0 Å². The maximum Gasteiger partial charge on any atom is 0.0489 e. The van der Waals surface area contributed by atoms with Crippen molar-refractivity contribution in [2.24, 2.45) is 5.92 Å². The first-order valence-corrected chi connectivity index (χ1v) is 6.45. The van der Waals surface area contributed by atoms with Gasteiger partial charge in [0.15, 0.2) is 0 Å². The van der Waals surface area contributed by atoms with E-state index in [1.165, 1.54) is 0 Å². The lowest BCUT2D eigenvalue weighted by Crippen LogP contribution is -2.40. The molecule has 0 aliphatic carbocycles. The van der Waals surface area contributed by atoms with Crippen LogP contribution in [0.1, 0.15) is 41.0 Å². The zero-order chi connectivity index (χ0) is 12.4. The van der Waals surface area contributed by atoms with Crippen molar-refractivity contribution in [2.75, 3.05) is 32.8 Å². The van der Waals surface area contributed by atoms with Crippen LogP contribution in [0.4, 0.5) is 0 Å². The Kier molecular flexibility index (Phi) is 8.90. The molecule has 0 saturated heterocycles. The minimum Gasteiger partial charge on any atom is -0.381 e. The molecule has 0 amide bonds. The third-order valence-electron chi connectivity index (χ3n) is 2.05. The van der Waals surface area contributed by atoms with Gasteiger partial charge in [-0.25, -0.2) is 0 Å². The van der Waals surface area contributed by atoms with Gasteiger partial charge < -0.3 is 15.4 Å².